The maximum atomic E-state index is 13.6. The lowest BCUT2D eigenvalue weighted by atomic mass is 10.0. The van der Waals surface area contributed by atoms with Crippen LogP contribution in [0.25, 0.3) is 183 Å². The summed E-state index contributed by atoms with van der Waals surface area (Å²) in [7, 11) is 0. The van der Waals surface area contributed by atoms with Gasteiger partial charge in [-0.25, -0.2) is 43.9 Å². The van der Waals surface area contributed by atoms with Crippen molar-refractivity contribution in [1.82, 2.24) is 0 Å². The second kappa shape index (κ2) is 49.5. The Balaban J connectivity index is 0.000000135. The van der Waals surface area contributed by atoms with Gasteiger partial charge in [-0.05, 0) is 251 Å². The summed E-state index contributed by atoms with van der Waals surface area (Å²) in [5.74, 6) is -20.5. The Morgan fingerprint density at radius 1 is 0.115 bits per heavy atom. The van der Waals surface area contributed by atoms with Crippen LogP contribution < -0.4 is 0 Å². The van der Waals surface area contributed by atoms with Gasteiger partial charge in [0.1, 0.15) is 0 Å². The van der Waals surface area contributed by atoms with Gasteiger partial charge in [0, 0.05) is 0 Å². The maximum absolute atomic E-state index is 13.6. The van der Waals surface area contributed by atoms with Crippen LogP contribution in [-0.2, 0) is 0 Å². The number of benzene rings is 20. The van der Waals surface area contributed by atoms with Crippen LogP contribution in [-0.4, -0.2) is 0 Å². The van der Waals surface area contributed by atoms with Gasteiger partial charge in [0.15, 0.2) is 46.5 Å². The van der Waals surface area contributed by atoms with Crippen molar-refractivity contribution in [2.24, 2.45) is 0 Å². The predicted octanol–water partition coefficient (Wildman–Crippen LogP) is 39.8. The first-order chi connectivity index (χ1) is 72.3. The van der Waals surface area contributed by atoms with E-state index >= 15 is 0 Å². The normalized spacial score (nSPS) is 12.3. The minimum absolute atomic E-state index is 0.589. The third-order valence-electron chi connectivity index (χ3n) is 24.7. The zero-order chi connectivity index (χ0) is 102. The third-order valence-corrected chi connectivity index (χ3v) is 24.7. The lowest BCUT2D eigenvalue weighted by Gasteiger charge is -2.03. The van der Waals surface area contributed by atoms with Crippen LogP contribution in [0.4, 0.5) is 43.9 Å². The van der Waals surface area contributed by atoms with E-state index in [4.69, 9.17) is 0 Å². The van der Waals surface area contributed by atoms with Crippen molar-refractivity contribution in [1.29, 1.82) is 0 Å². The first-order valence-corrected chi connectivity index (χ1v) is 48.3. The molecule has 0 saturated heterocycles. The highest BCUT2D eigenvalue weighted by Gasteiger charge is 2.26. The first kappa shape index (κ1) is 101. The van der Waals surface area contributed by atoms with Gasteiger partial charge in [0.25, 0.3) is 0 Å². The highest BCUT2D eigenvalue weighted by atomic mass is 19.2. The molecule has 0 radical (unpaired) electrons. The zero-order valence-corrected chi connectivity index (χ0v) is 80.9. The van der Waals surface area contributed by atoms with Gasteiger partial charge in [0.2, 0.25) is 11.6 Å². The molecule has 0 aliphatic rings. The Morgan fingerprint density at radius 2 is 0.250 bits per heavy atom. The number of halogens is 10. The fourth-order valence-electron chi connectivity index (χ4n) is 16.8. The molecule has 20 aromatic carbocycles. The first-order valence-electron chi connectivity index (χ1n) is 48.3. The Labute approximate surface area is 855 Å². The van der Waals surface area contributed by atoms with E-state index in [0.29, 0.717) is 11.1 Å². The number of allylic oxidation sites excluding steroid dienone is 16. The molecule has 0 aliphatic heterocycles. The summed E-state index contributed by atoms with van der Waals surface area (Å²) in [6.07, 6.45) is 60.0. The van der Waals surface area contributed by atoms with Crippen LogP contribution in [0.1, 0.15) is 100 Å². The van der Waals surface area contributed by atoms with E-state index in [9.17, 15) is 43.9 Å². The molecule has 720 valence electrons. The molecule has 0 spiro atoms. The summed E-state index contributed by atoms with van der Waals surface area (Å²) in [6.45, 7) is 4.26. The summed E-state index contributed by atoms with van der Waals surface area (Å²) in [6, 6.07) is 128. The molecule has 20 aromatic rings. The largest absolute Gasteiger partial charge is 0.203 e. The zero-order valence-electron chi connectivity index (χ0n) is 80.9. The van der Waals surface area contributed by atoms with Gasteiger partial charge in [-0.1, -0.05) is 497 Å². The molecule has 10 heteroatoms. The molecule has 0 fully saturated rings. The minimum atomic E-state index is -2.25. The smallest absolute Gasteiger partial charge is 0.200 e. The second-order valence-corrected chi connectivity index (χ2v) is 35.4. The minimum Gasteiger partial charge on any atom is -0.203 e. The number of fused-ring (bicyclic) bond motifs is 8. The quantitative estimate of drug-likeness (QED) is 0.0186. The molecule has 0 unspecified atom stereocenters. The van der Waals surface area contributed by atoms with Gasteiger partial charge >= 0.3 is 0 Å². The van der Waals surface area contributed by atoms with E-state index in [2.05, 4.69) is 499 Å². The average Bonchev–Trinajstić information content (AvgIpc) is 0.803. The number of hydrogen-bond acceptors (Lipinski definition) is 0. The SMILES string of the molecule is C(/C=C/c1ccc2cc3ccccc3cc2c1)=C\c1ccc(/C=C/C=C/c2ccc3cc4ccccc4cc3c2)cc1.C(/C=C/c1ccc2ccccc2c1)=C\c1ccc(/C=C/C=C/c2ccc3ccccc3c2)cc1.Cc1ccc2cc(/C=C/C=C/c3ccc(/C=C/C=C/c4ccc5cc(C)ccc5c4)cc3)ccc2c1.Fc1c(F)c(F)c(/C=C/C=C/c2ccc(/C=C/C=C/c3c(F)c(F)c(F)c(F)c3F)cc2)c(F)c1F. The summed E-state index contributed by atoms with van der Waals surface area (Å²) in [4.78, 5) is 0. The standard InChI is InChI=1S/C42H30.C36H30.C34H26.C26H12F10/c1(3-11-33-21-23-39-27-35-13-5-7-15-37(35)29-41(39)25-33)9-31-17-19-32(20-18-31)10-2-4-12-34-22-24-40-28-36-14-6-8-16-38(36)30-42(40)26-34;1-27-11-19-35-25-31(17-21-33(35)23-27)9-5-3-7-29-13-15-30(16-14-29)8-4-6-10-32-18-22-34-24-28(2)12-20-36(34)26-32;1(3-11-29-21-23-31-13-5-7-15-33(31)25-29)9-27-17-19-28(20-18-27)10-2-4-12-30-22-24-32-14-6-8-16-34(32)26-30;27-17-15(18(28)22(32)25(35)21(17)31)7-3-1-5-13-9-11-14(12-10-13)6-2-4-8-16-19(29)23(33)26(36)24(34)20(16)30/h1-30H;3-26H,1-2H3;1-26H;1-12H/b9-1+,10-2+,11-3+,12-4+;7-3+,8-4+,9-5+,10-6+;9-1+,10-2+,11-3+,12-4+;5-1+,6-2+,7-3+,8-4+. The average molecular weight is 1950 g/mol. The highest BCUT2D eigenvalue weighted by molar-refractivity contribution is 6.01. The Bertz CT molecular complexity index is 8220. The van der Waals surface area contributed by atoms with Crippen molar-refractivity contribution in [2.75, 3.05) is 0 Å². The van der Waals surface area contributed by atoms with E-state index in [1.54, 1.807) is 24.3 Å². The van der Waals surface area contributed by atoms with Gasteiger partial charge < -0.3 is 0 Å². The molecule has 148 heavy (non-hydrogen) atoms. The van der Waals surface area contributed by atoms with E-state index in [1.165, 1.54) is 188 Å². The lowest BCUT2D eigenvalue weighted by molar-refractivity contribution is 0.377. The van der Waals surface area contributed by atoms with Crippen LogP contribution in [0.3, 0.4) is 0 Å². The molecule has 0 N–H and O–H groups in total. The fraction of sp³-hybridized carbons (Fsp3) is 0.0145. The van der Waals surface area contributed by atoms with Gasteiger partial charge in [-0.2, -0.15) is 0 Å². The molecule has 0 atom stereocenters. The summed E-state index contributed by atoms with van der Waals surface area (Å²) < 4.78 is 133. The van der Waals surface area contributed by atoms with Crippen molar-refractivity contribution in [3.63, 3.8) is 0 Å². The van der Waals surface area contributed by atoms with Crippen LogP contribution in [0, 0.1) is 72.0 Å². The molecule has 0 amide bonds. The molecule has 0 aromatic heterocycles. The molecular weight excluding hydrogens is 1850 g/mol. The molecular formula is C138H98F10. The van der Waals surface area contributed by atoms with Crippen molar-refractivity contribution < 1.29 is 43.9 Å². The third kappa shape index (κ3) is 27.3. The fourth-order valence-corrected chi connectivity index (χ4v) is 16.8. The van der Waals surface area contributed by atoms with Crippen molar-refractivity contribution >= 4 is 183 Å². The summed E-state index contributed by atoms with van der Waals surface area (Å²) >= 11 is 0. The van der Waals surface area contributed by atoms with Crippen molar-refractivity contribution in [2.45, 2.75) is 13.8 Å². The number of aryl methyl sites for hydroxylation is 2. The summed E-state index contributed by atoms with van der Waals surface area (Å²) in [5.41, 5.74) is 15.9. The topological polar surface area (TPSA) is 0 Å². The van der Waals surface area contributed by atoms with Crippen LogP contribution in [0.5, 0.6) is 0 Å². The summed E-state index contributed by atoms with van der Waals surface area (Å²) in [5, 5.41) is 20.4. The van der Waals surface area contributed by atoms with Gasteiger partial charge in [-0.3, -0.25) is 0 Å². The Morgan fingerprint density at radius 3 is 0.473 bits per heavy atom. The molecule has 0 bridgehead atoms. The van der Waals surface area contributed by atoms with E-state index < -0.39 is 69.3 Å². The van der Waals surface area contributed by atoms with Gasteiger partial charge in [-0.15, -0.1) is 0 Å². The molecule has 0 nitrogen and oxygen atoms in total. The van der Waals surface area contributed by atoms with Crippen molar-refractivity contribution in [3.8, 4) is 0 Å². The van der Waals surface area contributed by atoms with E-state index in [1.807, 2.05) is 0 Å². The highest BCUT2D eigenvalue weighted by Crippen LogP contribution is 2.32. The molecule has 0 aliphatic carbocycles. The molecule has 20 rings (SSSR count). The lowest BCUT2D eigenvalue weighted by Crippen LogP contribution is -2.03. The molecule has 0 heterocycles. The second-order valence-electron chi connectivity index (χ2n) is 35.4. The van der Waals surface area contributed by atoms with Gasteiger partial charge in [0.05, 0.1) is 11.1 Å². The van der Waals surface area contributed by atoms with Crippen LogP contribution in [0.15, 0.2) is 461 Å². The monoisotopic (exact) mass is 1940 g/mol. The predicted molar refractivity (Wildman–Crippen MR) is 611 cm³/mol. The van der Waals surface area contributed by atoms with E-state index in [0.717, 1.165) is 24.3 Å². The Kier molecular flexibility index (Phi) is 33.9. The maximum Gasteiger partial charge on any atom is 0.200 e. The number of hydrogen-bond donors (Lipinski definition) is 0. The van der Waals surface area contributed by atoms with Crippen LogP contribution in [0.2, 0.25) is 0 Å². The van der Waals surface area contributed by atoms with Crippen LogP contribution >= 0.6 is 0 Å². The Hall–Kier alpha value is -18.4. The van der Waals surface area contributed by atoms with Crippen molar-refractivity contribution in [3.05, 3.63) is 620 Å². The van der Waals surface area contributed by atoms with E-state index in [-0.39, 0.29) is 0 Å². The molecule has 0 saturated carbocycles. The number of rotatable bonds is 24.